The maximum atomic E-state index is 10.9. The fourth-order valence-corrected chi connectivity index (χ4v) is 1.94. The van der Waals surface area contributed by atoms with Crippen LogP contribution in [0.15, 0.2) is 12.1 Å². The number of carbonyl (C=O) groups excluding carboxylic acids is 2. The molecule has 16 heavy (non-hydrogen) atoms. The van der Waals surface area contributed by atoms with Crippen LogP contribution in [0.25, 0.3) is 0 Å². The minimum atomic E-state index is 0.512. The zero-order valence-corrected chi connectivity index (χ0v) is 9.95. The van der Waals surface area contributed by atoms with Gasteiger partial charge in [0.1, 0.15) is 0 Å². The van der Waals surface area contributed by atoms with E-state index in [1.54, 1.807) is 0 Å². The zero-order chi connectivity index (χ0) is 12.0. The second-order valence-corrected chi connectivity index (χ2v) is 3.99. The van der Waals surface area contributed by atoms with Crippen LogP contribution in [-0.2, 0) is 12.8 Å². The summed E-state index contributed by atoms with van der Waals surface area (Å²) in [5, 5.41) is 0. The second kappa shape index (κ2) is 6.21. The number of benzene rings is 1. The van der Waals surface area contributed by atoms with Crippen LogP contribution in [0.2, 0.25) is 0 Å². The molecule has 0 aliphatic rings. The van der Waals surface area contributed by atoms with E-state index >= 15 is 0 Å². The molecule has 0 N–H and O–H groups in total. The highest BCUT2D eigenvalue weighted by molar-refractivity contribution is 5.90. The summed E-state index contributed by atoms with van der Waals surface area (Å²) < 4.78 is 0. The summed E-state index contributed by atoms with van der Waals surface area (Å²) in [5.74, 6) is 0. The monoisotopic (exact) mass is 218 g/mol. The molecule has 0 saturated carbocycles. The van der Waals surface area contributed by atoms with Gasteiger partial charge in [-0.15, -0.1) is 0 Å². The van der Waals surface area contributed by atoms with Crippen LogP contribution in [0, 0.1) is 0 Å². The minimum absolute atomic E-state index is 0.512. The fraction of sp³-hybridized carbons (Fsp3) is 0.429. The molecule has 0 aliphatic carbocycles. The van der Waals surface area contributed by atoms with Crippen molar-refractivity contribution in [2.24, 2.45) is 0 Å². The highest BCUT2D eigenvalue weighted by Gasteiger charge is 2.08. The smallest absolute Gasteiger partial charge is 0.150 e. The van der Waals surface area contributed by atoms with E-state index in [0.717, 1.165) is 38.3 Å². The number of hydrogen-bond acceptors (Lipinski definition) is 2. The lowest BCUT2D eigenvalue weighted by Gasteiger charge is -2.10. The van der Waals surface area contributed by atoms with Crippen LogP contribution in [0.4, 0.5) is 0 Å². The van der Waals surface area contributed by atoms with Crippen molar-refractivity contribution < 1.29 is 9.59 Å². The van der Waals surface area contributed by atoms with Gasteiger partial charge in [0.05, 0.1) is 0 Å². The van der Waals surface area contributed by atoms with Crippen molar-refractivity contribution in [3.63, 3.8) is 0 Å². The van der Waals surface area contributed by atoms with Crippen molar-refractivity contribution in [1.82, 2.24) is 0 Å². The van der Waals surface area contributed by atoms with Crippen molar-refractivity contribution in [2.45, 2.75) is 39.5 Å². The SMILES string of the molecule is CCCc1cc(C=O)c(C=O)cc1CCC. The predicted molar refractivity (Wildman–Crippen MR) is 65.2 cm³/mol. The largest absolute Gasteiger partial charge is 0.298 e. The lowest BCUT2D eigenvalue weighted by Crippen LogP contribution is -2.00. The summed E-state index contributed by atoms with van der Waals surface area (Å²) in [4.78, 5) is 21.7. The first-order valence-corrected chi connectivity index (χ1v) is 5.82. The van der Waals surface area contributed by atoms with Crippen molar-refractivity contribution in [1.29, 1.82) is 0 Å². The Labute approximate surface area is 96.7 Å². The number of aldehydes is 2. The van der Waals surface area contributed by atoms with Crippen molar-refractivity contribution in [3.05, 3.63) is 34.4 Å². The summed E-state index contributed by atoms with van der Waals surface area (Å²) in [6, 6.07) is 3.73. The Bertz CT molecular complexity index is 344. The summed E-state index contributed by atoms with van der Waals surface area (Å²) in [6.45, 7) is 4.23. The Kier molecular flexibility index (Phi) is 4.90. The molecule has 2 heteroatoms. The number of hydrogen-bond donors (Lipinski definition) is 0. The Balaban J connectivity index is 3.22. The molecule has 0 aliphatic heterocycles. The molecule has 2 nitrogen and oxygen atoms in total. The Morgan fingerprint density at radius 3 is 1.50 bits per heavy atom. The van der Waals surface area contributed by atoms with Gasteiger partial charge in [0.2, 0.25) is 0 Å². The Morgan fingerprint density at radius 2 is 1.25 bits per heavy atom. The molecule has 0 fully saturated rings. The van der Waals surface area contributed by atoms with Crippen molar-refractivity contribution in [3.8, 4) is 0 Å². The molecule has 1 aromatic carbocycles. The molecule has 0 radical (unpaired) electrons. The van der Waals surface area contributed by atoms with E-state index in [1.807, 2.05) is 12.1 Å². The van der Waals surface area contributed by atoms with E-state index in [1.165, 1.54) is 11.1 Å². The topological polar surface area (TPSA) is 34.1 Å². The minimum Gasteiger partial charge on any atom is -0.298 e. The summed E-state index contributed by atoms with van der Waals surface area (Å²) in [5.41, 5.74) is 3.44. The van der Waals surface area contributed by atoms with E-state index < -0.39 is 0 Å². The Morgan fingerprint density at radius 1 is 0.875 bits per heavy atom. The highest BCUT2D eigenvalue weighted by atomic mass is 16.1. The molecular formula is C14H18O2. The first-order chi connectivity index (χ1) is 7.76. The Hall–Kier alpha value is -1.44. The second-order valence-electron chi connectivity index (χ2n) is 3.99. The van der Waals surface area contributed by atoms with Crippen LogP contribution in [0.1, 0.15) is 58.5 Å². The normalized spacial score (nSPS) is 10.1. The number of carbonyl (C=O) groups is 2. The highest BCUT2D eigenvalue weighted by Crippen LogP contribution is 2.18. The van der Waals surface area contributed by atoms with Gasteiger partial charge in [-0.05, 0) is 36.1 Å². The van der Waals surface area contributed by atoms with Crippen LogP contribution in [0.3, 0.4) is 0 Å². The number of rotatable bonds is 6. The molecule has 1 rings (SSSR count). The van der Waals surface area contributed by atoms with Crippen molar-refractivity contribution in [2.75, 3.05) is 0 Å². The van der Waals surface area contributed by atoms with Crippen LogP contribution in [-0.4, -0.2) is 12.6 Å². The van der Waals surface area contributed by atoms with Gasteiger partial charge in [-0.3, -0.25) is 9.59 Å². The molecule has 0 heterocycles. The first-order valence-electron chi connectivity index (χ1n) is 5.82. The summed E-state index contributed by atoms with van der Waals surface area (Å²) >= 11 is 0. The maximum absolute atomic E-state index is 10.9. The molecular weight excluding hydrogens is 200 g/mol. The van der Waals surface area contributed by atoms with Crippen LogP contribution < -0.4 is 0 Å². The lowest BCUT2D eigenvalue weighted by atomic mass is 9.94. The third kappa shape index (κ3) is 2.78. The van der Waals surface area contributed by atoms with Gasteiger partial charge in [0.15, 0.2) is 12.6 Å². The van der Waals surface area contributed by atoms with E-state index in [2.05, 4.69) is 13.8 Å². The van der Waals surface area contributed by atoms with Gasteiger partial charge in [-0.25, -0.2) is 0 Å². The quantitative estimate of drug-likeness (QED) is 0.687. The standard InChI is InChI=1S/C14H18O2/c1-3-5-11-7-13(9-15)14(10-16)8-12(11)6-4-2/h7-10H,3-6H2,1-2H3. The zero-order valence-electron chi connectivity index (χ0n) is 9.95. The maximum Gasteiger partial charge on any atom is 0.150 e. The van der Waals surface area contributed by atoms with Crippen LogP contribution in [0.5, 0.6) is 0 Å². The molecule has 0 amide bonds. The molecule has 0 spiro atoms. The summed E-state index contributed by atoms with van der Waals surface area (Å²) in [6.07, 6.45) is 5.56. The fourth-order valence-electron chi connectivity index (χ4n) is 1.94. The molecule has 0 bridgehead atoms. The first kappa shape index (κ1) is 12.6. The van der Waals surface area contributed by atoms with Gasteiger partial charge in [-0.2, -0.15) is 0 Å². The van der Waals surface area contributed by atoms with Gasteiger partial charge in [0, 0.05) is 11.1 Å². The average molecular weight is 218 g/mol. The third-order valence-electron chi connectivity index (χ3n) is 2.70. The van der Waals surface area contributed by atoms with Gasteiger partial charge >= 0.3 is 0 Å². The lowest BCUT2D eigenvalue weighted by molar-refractivity contribution is 0.109. The van der Waals surface area contributed by atoms with Crippen molar-refractivity contribution >= 4 is 12.6 Å². The van der Waals surface area contributed by atoms with E-state index in [-0.39, 0.29) is 0 Å². The average Bonchev–Trinajstić information content (AvgIpc) is 2.31. The van der Waals surface area contributed by atoms with E-state index in [4.69, 9.17) is 0 Å². The predicted octanol–water partition coefficient (Wildman–Crippen LogP) is 3.22. The van der Waals surface area contributed by atoms with E-state index in [9.17, 15) is 9.59 Å². The summed E-state index contributed by atoms with van der Waals surface area (Å²) in [7, 11) is 0. The molecule has 0 atom stereocenters. The van der Waals surface area contributed by atoms with E-state index in [0.29, 0.717) is 11.1 Å². The molecule has 0 aromatic heterocycles. The van der Waals surface area contributed by atoms with Gasteiger partial charge < -0.3 is 0 Å². The van der Waals surface area contributed by atoms with Gasteiger partial charge in [-0.1, -0.05) is 26.7 Å². The molecule has 1 aromatic rings. The van der Waals surface area contributed by atoms with Gasteiger partial charge in [0.25, 0.3) is 0 Å². The third-order valence-corrected chi connectivity index (χ3v) is 2.70. The molecule has 0 unspecified atom stereocenters. The molecule has 0 saturated heterocycles. The van der Waals surface area contributed by atoms with Crippen LogP contribution >= 0.6 is 0 Å². The number of aryl methyl sites for hydroxylation is 2. The molecule has 86 valence electrons.